The van der Waals surface area contributed by atoms with Crippen molar-refractivity contribution in [2.75, 3.05) is 0 Å². The summed E-state index contributed by atoms with van der Waals surface area (Å²) >= 11 is 1.50. The molecule has 0 bridgehead atoms. The van der Waals surface area contributed by atoms with Crippen LogP contribution in [0.3, 0.4) is 0 Å². The van der Waals surface area contributed by atoms with Crippen molar-refractivity contribution in [2.45, 2.75) is 112 Å². The predicted octanol–water partition coefficient (Wildman–Crippen LogP) is 5.76. The third-order valence-corrected chi connectivity index (χ3v) is 5.05. The molecule has 3 heteroatoms. The van der Waals surface area contributed by atoms with Gasteiger partial charge in [-0.15, -0.1) is 0 Å². The van der Waals surface area contributed by atoms with E-state index in [1.165, 1.54) is 141 Å². The molecule has 0 aromatic carbocycles. The Kier molecular flexibility index (Phi) is 28.6. The Bertz CT molecular complexity index is 238. The van der Waals surface area contributed by atoms with Gasteiger partial charge in [0.2, 0.25) is 0 Å². The molecule has 24 heavy (non-hydrogen) atoms. The molecule has 0 atom stereocenters. The number of aliphatic carboxylic acids is 1. The Balaban J connectivity index is 0. The molecule has 0 aliphatic carbocycles. The van der Waals surface area contributed by atoms with Gasteiger partial charge in [0.25, 0.3) is 0 Å². The van der Waals surface area contributed by atoms with Crippen LogP contribution in [0.1, 0.15) is 110 Å². The topological polar surface area (TPSA) is 40.1 Å². The van der Waals surface area contributed by atoms with Gasteiger partial charge in [0, 0.05) is 0 Å². The minimum absolute atomic E-state index is 0.722. The van der Waals surface area contributed by atoms with Crippen LogP contribution in [-0.4, -0.2) is 41.8 Å². The van der Waals surface area contributed by atoms with Crippen LogP contribution in [0.5, 0.6) is 0 Å². The van der Waals surface area contributed by atoms with E-state index in [1.807, 2.05) is 0 Å². The van der Waals surface area contributed by atoms with Crippen LogP contribution < -0.4 is 5.11 Å². The second-order valence-electron chi connectivity index (χ2n) is 6.68. The summed E-state index contributed by atoms with van der Waals surface area (Å²) in [4.78, 5) is 9.14. The van der Waals surface area contributed by atoms with Crippen molar-refractivity contribution in [2.24, 2.45) is 0 Å². The van der Waals surface area contributed by atoms with Gasteiger partial charge in [0.1, 0.15) is 0 Å². The van der Waals surface area contributed by atoms with E-state index in [1.54, 1.807) is 0 Å². The summed E-state index contributed by atoms with van der Waals surface area (Å²) < 4.78 is 1.50. The number of rotatable bonds is 17. The van der Waals surface area contributed by atoms with E-state index in [0.717, 1.165) is 6.08 Å². The molecule has 0 unspecified atom stereocenters. The van der Waals surface area contributed by atoms with Gasteiger partial charge in [-0.05, 0) is 6.08 Å². The van der Waals surface area contributed by atoms with E-state index >= 15 is 0 Å². The van der Waals surface area contributed by atoms with Gasteiger partial charge in [-0.3, -0.25) is 0 Å². The molecule has 0 heterocycles. The number of hydrogen-bond acceptors (Lipinski definition) is 2. The summed E-state index contributed by atoms with van der Waals surface area (Å²) in [7, 11) is 0. The first-order valence-electron chi connectivity index (χ1n) is 10.3. The fourth-order valence-electron chi connectivity index (χ4n) is 2.72. The van der Waals surface area contributed by atoms with Crippen LogP contribution >= 0.6 is 0 Å². The van der Waals surface area contributed by atoms with Crippen molar-refractivity contribution in [1.29, 1.82) is 0 Å². The van der Waals surface area contributed by atoms with Crippen molar-refractivity contribution >= 4 is 41.8 Å². The zero-order valence-corrected chi connectivity index (χ0v) is 18.5. The number of carboxylic acids is 1. The second kappa shape index (κ2) is 25.7. The Morgan fingerprint density at radius 1 is 0.750 bits per heavy atom. The molecular formula is C21H40CaO2. The molecule has 0 saturated heterocycles. The number of hydrogen-bond donors (Lipinski definition) is 0. The van der Waals surface area contributed by atoms with Crippen molar-refractivity contribution in [3.63, 3.8) is 0 Å². The average molecular weight is 365 g/mol. The summed E-state index contributed by atoms with van der Waals surface area (Å²) in [6.45, 7) is 5.19. The molecule has 0 N–H and O–H groups in total. The van der Waals surface area contributed by atoms with E-state index in [-0.39, 0.29) is 0 Å². The minimum atomic E-state index is -1.23. The summed E-state index contributed by atoms with van der Waals surface area (Å²) in [6, 6.07) is 0. The summed E-state index contributed by atoms with van der Waals surface area (Å²) in [5.74, 6) is -1.23. The van der Waals surface area contributed by atoms with Crippen LogP contribution in [-0.2, 0) is 4.79 Å². The normalized spacial score (nSPS) is 10.1. The Hall–Kier alpha value is 0.470. The summed E-state index contributed by atoms with van der Waals surface area (Å²) in [6.07, 6.45) is 24.4. The van der Waals surface area contributed by atoms with E-state index in [9.17, 15) is 0 Å². The predicted molar refractivity (Wildman–Crippen MR) is 105 cm³/mol. The maximum atomic E-state index is 9.14. The van der Waals surface area contributed by atoms with Gasteiger partial charge < -0.3 is 9.90 Å². The fourth-order valence-corrected chi connectivity index (χ4v) is 3.28. The summed E-state index contributed by atoms with van der Waals surface area (Å²) in [5.41, 5.74) is 0. The first kappa shape index (κ1) is 26.7. The number of carboxylic acid groups (broad SMARTS) is 1. The van der Waals surface area contributed by atoms with Crippen molar-refractivity contribution < 1.29 is 9.90 Å². The standard InChI is InChI=1S/C18H37.C3H4O2.Ca/c1-3-5-7-9-11-13-15-17-18-16-14-12-10-8-6-4-2;1-2-3(4)5;/h1,3-18H2,2H3;2H,1H2,(H,4,5);/q;;+1/p-1. The van der Waals surface area contributed by atoms with Crippen LogP contribution in [0.15, 0.2) is 12.7 Å². The van der Waals surface area contributed by atoms with E-state index in [2.05, 4.69) is 13.5 Å². The van der Waals surface area contributed by atoms with Gasteiger partial charge in [-0.1, -0.05) is 45.6 Å². The molecule has 0 saturated carbocycles. The molecule has 0 rings (SSSR count). The van der Waals surface area contributed by atoms with Crippen LogP contribution in [0.2, 0.25) is 2.52 Å². The molecule has 0 spiro atoms. The molecule has 2 nitrogen and oxygen atoms in total. The molecule has 0 fully saturated rings. The van der Waals surface area contributed by atoms with Crippen LogP contribution in [0.4, 0.5) is 0 Å². The number of carbonyl (C=O) groups is 1. The molecule has 0 aliphatic rings. The first-order valence-corrected chi connectivity index (χ1v) is 11.9. The summed E-state index contributed by atoms with van der Waals surface area (Å²) in [5, 5.41) is 9.14. The zero-order chi connectivity index (χ0) is 18.3. The fraction of sp³-hybridized carbons (Fsp3) is 0.857. The SMILES string of the molecule is C=CC(=O)[O-].CCCCCCCCCCCCCCCCC[CH2][Ca+]. The molecule has 138 valence electrons. The molecule has 0 aromatic heterocycles. The first-order chi connectivity index (χ1) is 11.7. The average Bonchev–Trinajstić information content (AvgIpc) is 2.59. The van der Waals surface area contributed by atoms with Crippen LogP contribution in [0.25, 0.3) is 0 Å². The van der Waals surface area contributed by atoms with Gasteiger partial charge in [0.15, 0.2) is 0 Å². The van der Waals surface area contributed by atoms with Crippen LogP contribution in [0, 0.1) is 0 Å². The quantitative estimate of drug-likeness (QED) is 0.187. The van der Waals surface area contributed by atoms with Crippen molar-refractivity contribution in [3.05, 3.63) is 12.7 Å². The van der Waals surface area contributed by atoms with E-state index in [4.69, 9.17) is 9.90 Å². The Morgan fingerprint density at radius 3 is 1.21 bits per heavy atom. The van der Waals surface area contributed by atoms with E-state index < -0.39 is 5.97 Å². The molecule has 0 aliphatic heterocycles. The zero-order valence-electron chi connectivity index (χ0n) is 16.3. The van der Waals surface area contributed by atoms with Gasteiger partial charge in [0.05, 0.1) is 5.97 Å². The number of unbranched alkanes of at least 4 members (excludes halogenated alkanes) is 15. The van der Waals surface area contributed by atoms with Gasteiger partial charge >= 0.3 is 109 Å². The Labute approximate surface area is 175 Å². The third kappa shape index (κ3) is 30.4. The third-order valence-electron chi connectivity index (χ3n) is 4.27. The van der Waals surface area contributed by atoms with Gasteiger partial charge in [-0.2, -0.15) is 0 Å². The molecule has 0 amide bonds. The monoisotopic (exact) mass is 364 g/mol. The Morgan fingerprint density at radius 2 is 1.00 bits per heavy atom. The molecular weight excluding hydrogens is 324 g/mol. The molecule has 0 radical (unpaired) electrons. The van der Waals surface area contributed by atoms with E-state index in [0.29, 0.717) is 0 Å². The van der Waals surface area contributed by atoms with Gasteiger partial charge in [-0.25, -0.2) is 0 Å². The second-order valence-corrected chi connectivity index (χ2v) is 7.78. The maximum absolute atomic E-state index is 9.14. The van der Waals surface area contributed by atoms with Crippen molar-refractivity contribution in [1.82, 2.24) is 0 Å². The molecule has 0 aromatic rings. The number of carbonyl (C=O) groups excluding carboxylic acids is 1. The van der Waals surface area contributed by atoms with Crippen molar-refractivity contribution in [3.8, 4) is 0 Å².